The Hall–Kier alpha value is -2.06. The molecule has 0 spiro atoms. The quantitative estimate of drug-likeness (QED) is 0.831. The second-order valence-electron chi connectivity index (χ2n) is 7.62. The van der Waals surface area contributed by atoms with Crippen LogP contribution in [0.25, 0.3) is 11.1 Å². The highest BCUT2D eigenvalue weighted by molar-refractivity contribution is 5.83. The number of hydrogen-bond acceptors (Lipinski definition) is 2. The van der Waals surface area contributed by atoms with E-state index in [9.17, 15) is 0 Å². The highest BCUT2D eigenvalue weighted by Crippen LogP contribution is 2.49. The Balaban J connectivity index is 1.75. The van der Waals surface area contributed by atoms with E-state index in [0.717, 1.165) is 6.54 Å². The number of rotatable bonds is 3. The molecule has 2 heteroatoms. The van der Waals surface area contributed by atoms with E-state index in [4.69, 9.17) is 0 Å². The van der Waals surface area contributed by atoms with Gasteiger partial charge in [-0.25, -0.2) is 5.43 Å². The molecule has 24 heavy (non-hydrogen) atoms. The summed E-state index contributed by atoms with van der Waals surface area (Å²) in [6.07, 6.45) is 3.47. The van der Waals surface area contributed by atoms with Gasteiger partial charge >= 0.3 is 0 Å². The molecule has 0 bridgehead atoms. The second-order valence-corrected chi connectivity index (χ2v) is 7.62. The van der Waals surface area contributed by atoms with Gasteiger partial charge in [0.25, 0.3) is 0 Å². The van der Waals surface area contributed by atoms with Crippen LogP contribution in [0.3, 0.4) is 0 Å². The predicted molar refractivity (Wildman–Crippen MR) is 102 cm³/mol. The van der Waals surface area contributed by atoms with Crippen molar-refractivity contribution in [1.29, 1.82) is 0 Å². The zero-order valence-corrected chi connectivity index (χ0v) is 15.1. The first-order chi connectivity index (χ1) is 11.5. The maximum atomic E-state index is 3.51. The number of nitrogens with one attached hydrogen (secondary N) is 1. The van der Waals surface area contributed by atoms with E-state index in [2.05, 4.69) is 86.8 Å². The highest BCUT2D eigenvalue weighted by Gasteiger charge is 2.35. The van der Waals surface area contributed by atoms with Crippen LogP contribution < -0.4 is 10.4 Å². The van der Waals surface area contributed by atoms with E-state index >= 15 is 0 Å². The van der Waals surface area contributed by atoms with E-state index in [0.29, 0.717) is 5.92 Å². The summed E-state index contributed by atoms with van der Waals surface area (Å²) in [5.41, 5.74) is 11.9. The van der Waals surface area contributed by atoms with Crippen molar-refractivity contribution in [3.63, 3.8) is 0 Å². The SMILES string of the molecule is CCC(C)C1=CN(c2ccc3c(c2)-c2ccccc2C3(C)C)NC1. The van der Waals surface area contributed by atoms with Gasteiger partial charge in [0.15, 0.2) is 0 Å². The summed E-state index contributed by atoms with van der Waals surface area (Å²) in [5, 5.41) is 2.19. The molecule has 0 aromatic heterocycles. The molecule has 2 aliphatic rings. The maximum absolute atomic E-state index is 3.51. The molecular weight excluding hydrogens is 292 g/mol. The van der Waals surface area contributed by atoms with Gasteiger partial charge in [-0.2, -0.15) is 0 Å². The molecule has 0 radical (unpaired) electrons. The van der Waals surface area contributed by atoms with E-state index in [1.54, 1.807) is 0 Å². The number of fused-ring (bicyclic) bond motifs is 3. The molecule has 2 aromatic carbocycles. The van der Waals surface area contributed by atoms with Crippen LogP contribution in [0.2, 0.25) is 0 Å². The van der Waals surface area contributed by atoms with Crippen molar-refractivity contribution in [1.82, 2.24) is 5.43 Å². The fourth-order valence-corrected chi connectivity index (χ4v) is 4.02. The summed E-state index contributed by atoms with van der Waals surface area (Å²) < 4.78 is 0. The molecule has 2 nitrogen and oxygen atoms in total. The summed E-state index contributed by atoms with van der Waals surface area (Å²) >= 11 is 0. The van der Waals surface area contributed by atoms with Crippen molar-refractivity contribution in [3.05, 3.63) is 65.4 Å². The van der Waals surface area contributed by atoms with Gasteiger partial charge in [-0.15, -0.1) is 0 Å². The molecule has 0 saturated heterocycles. The average molecular weight is 318 g/mol. The van der Waals surface area contributed by atoms with Crippen molar-refractivity contribution in [2.75, 3.05) is 11.6 Å². The van der Waals surface area contributed by atoms with Gasteiger partial charge in [-0.3, -0.25) is 5.01 Å². The molecule has 1 heterocycles. The van der Waals surface area contributed by atoms with Gasteiger partial charge < -0.3 is 0 Å². The number of nitrogens with zero attached hydrogens (tertiary/aromatic N) is 1. The predicted octanol–water partition coefficient (Wildman–Crippen LogP) is 5.25. The van der Waals surface area contributed by atoms with E-state index in [1.807, 2.05) is 0 Å². The Morgan fingerprint density at radius 1 is 1.08 bits per heavy atom. The number of benzene rings is 2. The first-order valence-corrected chi connectivity index (χ1v) is 9.00. The van der Waals surface area contributed by atoms with Crippen LogP contribution in [0.4, 0.5) is 5.69 Å². The first-order valence-electron chi connectivity index (χ1n) is 9.00. The van der Waals surface area contributed by atoms with Crippen molar-refractivity contribution in [2.24, 2.45) is 5.92 Å². The molecule has 0 saturated carbocycles. The van der Waals surface area contributed by atoms with Crippen LogP contribution in [0.15, 0.2) is 54.2 Å². The third-order valence-corrected chi connectivity index (χ3v) is 5.84. The van der Waals surface area contributed by atoms with E-state index in [-0.39, 0.29) is 5.41 Å². The Morgan fingerprint density at radius 3 is 2.62 bits per heavy atom. The third kappa shape index (κ3) is 2.21. The first kappa shape index (κ1) is 15.5. The lowest BCUT2D eigenvalue weighted by Gasteiger charge is -2.22. The fraction of sp³-hybridized carbons (Fsp3) is 0.364. The molecule has 0 fully saturated rings. The van der Waals surface area contributed by atoms with E-state index in [1.165, 1.54) is 39.9 Å². The van der Waals surface area contributed by atoms with Gasteiger partial charge in [0.2, 0.25) is 0 Å². The van der Waals surface area contributed by atoms with Crippen LogP contribution in [-0.2, 0) is 5.41 Å². The van der Waals surface area contributed by atoms with Crippen LogP contribution in [-0.4, -0.2) is 6.54 Å². The molecular formula is C22H26N2. The average Bonchev–Trinajstić information content (AvgIpc) is 3.17. The van der Waals surface area contributed by atoms with E-state index < -0.39 is 0 Å². The Kier molecular flexibility index (Phi) is 3.54. The number of anilines is 1. The number of hydrogen-bond donors (Lipinski definition) is 1. The zero-order valence-electron chi connectivity index (χ0n) is 15.1. The Bertz CT molecular complexity index is 816. The topological polar surface area (TPSA) is 15.3 Å². The van der Waals surface area contributed by atoms with Crippen LogP contribution in [0.1, 0.15) is 45.2 Å². The minimum Gasteiger partial charge on any atom is -0.284 e. The molecule has 4 rings (SSSR count). The Labute approximate surface area is 145 Å². The smallest absolute Gasteiger partial charge is 0.0577 e. The van der Waals surface area contributed by atoms with Crippen molar-refractivity contribution in [2.45, 2.75) is 39.5 Å². The van der Waals surface area contributed by atoms with Crippen LogP contribution in [0, 0.1) is 5.92 Å². The van der Waals surface area contributed by atoms with Gasteiger partial charge in [0, 0.05) is 18.2 Å². The normalized spacial score (nSPS) is 19.0. The molecule has 2 aromatic rings. The monoisotopic (exact) mass is 318 g/mol. The Morgan fingerprint density at radius 2 is 1.83 bits per heavy atom. The summed E-state index contributed by atoms with van der Waals surface area (Å²) in [4.78, 5) is 0. The lowest BCUT2D eigenvalue weighted by Crippen LogP contribution is -2.28. The van der Waals surface area contributed by atoms with Gasteiger partial charge in [0.1, 0.15) is 0 Å². The largest absolute Gasteiger partial charge is 0.284 e. The summed E-state index contributed by atoms with van der Waals surface area (Å²) in [5.74, 6) is 0.636. The van der Waals surface area contributed by atoms with Crippen molar-refractivity contribution in [3.8, 4) is 11.1 Å². The van der Waals surface area contributed by atoms with Crippen molar-refractivity contribution >= 4 is 5.69 Å². The molecule has 0 amide bonds. The van der Waals surface area contributed by atoms with Crippen molar-refractivity contribution < 1.29 is 0 Å². The number of hydrazine groups is 1. The summed E-state index contributed by atoms with van der Waals surface area (Å²) in [7, 11) is 0. The van der Waals surface area contributed by atoms with Gasteiger partial charge in [0.05, 0.1) is 5.69 Å². The summed E-state index contributed by atoms with van der Waals surface area (Å²) in [6, 6.07) is 15.7. The molecule has 1 aliphatic heterocycles. The van der Waals surface area contributed by atoms with Gasteiger partial charge in [-0.05, 0) is 52.3 Å². The molecule has 1 aliphatic carbocycles. The standard InChI is InChI=1S/C22H26N2/c1-5-15(2)16-13-23-24(14-16)17-10-11-21-19(12-17)18-8-6-7-9-20(18)22(21,3)4/h6-12,14-15,23H,5,13H2,1-4H3. The second kappa shape index (κ2) is 5.49. The lowest BCUT2D eigenvalue weighted by molar-refractivity contribution is 0.636. The summed E-state index contributed by atoms with van der Waals surface area (Å²) in [6.45, 7) is 10.2. The highest BCUT2D eigenvalue weighted by atomic mass is 15.5. The lowest BCUT2D eigenvalue weighted by atomic mass is 9.82. The molecule has 1 unspecified atom stereocenters. The van der Waals surface area contributed by atoms with Crippen LogP contribution in [0.5, 0.6) is 0 Å². The minimum absolute atomic E-state index is 0.0839. The molecule has 124 valence electrons. The maximum Gasteiger partial charge on any atom is 0.0577 e. The molecule has 1 atom stereocenters. The molecule has 1 N–H and O–H groups in total. The van der Waals surface area contributed by atoms with Crippen LogP contribution >= 0.6 is 0 Å². The third-order valence-electron chi connectivity index (χ3n) is 5.84. The fourth-order valence-electron chi connectivity index (χ4n) is 4.02. The minimum atomic E-state index is 0.0839. The van der Waals surface area contributed by atoms with Gasteiger partial charge in [-0.1, -0.05) is 58.0 Å². The zero-order chi connectivity index (χ0) is 16.9.